The van der Waals surface area contributed by atoms with Crippen LogP contribution in [-0.2, 0) is 14.8 Å². The molecular formula is C10H13ClO2S. The van der Waals surface area contributed by atoms with Gasteiger partial charge in [-0.25, -0.2) is 8.42 Å². The summed E-state index contributed by atoms with van der Waals surface area (Å²) in [6.07, 6.45) is 0. The largest absolute Gasteiger partial charge is 0.236 e. The molecule has 0 amide bonds. The molecule has 0 aliphatic rings. The highest BCUT2D eigenvalue weighted by molar-refractivity contribution is 8.13. The quantitative estimate of drug-likeness (QED) is 0.735. The van der Waals surface area contributed by atoms with Crippen molar-refractivity contribution in [1.82, 2.24) is 0 Å². The number of rotatable bonds is 2. The van der Waals surface area contributed by atoms with E-state index in [9.17, 15) is 8.42 Å². The second-order valence-electron chi connectivity index (χ2n) is 3.55. The van der Waals surface area contributed by atoms with E-state index >= 15 is 0 Å². The number of halogens is 1. The molecule has 1 rings (SSSR count). The Bertz CT molecular complexity index is 449. The molecule has 0 radical (unpaired) electrons. The molecule has 14 heavy (non-hydrogen) atoms. The predicted molar refractivity (Wildman–Crippen MR) is 59.1 cm³/mol. The minimum atomic E-state index is -3.46. The highest BCUT2D eigenvalue weighted by Crippen LogP contribution is 2.19. The summed E-state index contributed by atoms with van der Waals surface area (Å²) in [4.78, 5) is 0. The molecular weight excluding hydrogens is 220 g/mol. The molecule has 0 heterocycles. The maximum Gasteiger partial charge on any atom is 0.236 e. The Balaban J connectivity index is 3.22. The lowest BCUT2D eigenvalue weighted by Gasteiger charge is -2.08. The van der Waals surface area contributed by atoms with Crippen molar-refractivity contribution in [3.63, 3.8) is 0 Å². The smallest absolute Gasteiger partial charge is 0.212 e. The summed E-state index contributed by atoms with van der Waals surface area (Å²) >= 11 is 0. The lowest BCUT2D eigenvalue weighted by atomic mass is 10.0. The van der Waals surface area contributed by atoms with Crippen molar-refractivity contribution in [1.29, 1.82) is 0 Å². The topological polar surface area (TPSA) is 34.1 Å². The molecule has 0 N–H and O–H groups in total. The van der Waals surface area contributed by atoms with E-state index in [1.165, 1.54) is 0 Å². The van der Waals surface area contributed by atoms with Gasteiger partial charge in [-0.15, -0.1) is 0 Å². The van der Waals surface area contributed by atoms with Crippen LogP contribution in [0.25, 0.3) is 0 Å². The number of hydrogen-bond acceptors (Lipinski definition) is 2. The Hall–Kier alpha value is -0.540. The van der Waals surface area contributed by atoms with Gasteiger partial charge in [-0.1, -0.05) is 17.7 Å². The zero-order chi connectivity index (χ0) is 10.9. The summed E-state index contributed by atoms with van der Waals surface area (Å²) in [6, 6.07) is 3.89. The van der Waals surface area contributed by atoms with Crippen molar-refractivity contribution >= 4 is 19.7 Å². The van der Waals surface area contributed by atoms with Gasteiger partial charge in [0.05, 0.1) is 5.75 Å². The van der Waals surface area contributed by atoms with Crippen molar-refractivity contribution in [2.75, 3.05) is 0 Å². The standard InChI is InChI=1S/C10H13ClO2S/c1-7-4-8(2)9(3)10(5-7)6-14(11,12)13/h4-5H,6H2,1-3H3. The lowest BCUT2D eigenvalue weighted by Crippen LogP contribution is -2.00. The molecule has 2 nitrogen and oxygen atoms in total. The normalized spacial score (nSPS) is 11.7. The highest BCUT2D eigenvalue weighted by atomic mass is 35.7. The molecule has 0 bridgehead atoms. The molecule has 0 aliphatic carbocycles. The molecule has 0 saturated carbocycles. The molecule has 0 aromatic heterocycles. The van der Waals surface area contributed by atoms with Gasteiger partial charge in [0.1, 0.15) is 0 Å². The van der Waals surface area contributed by atoms with Crippen LogP contribution in [0.1, 0.15) is 22.3 Å². The SMILES string of the molecule is Cc1cc(C)c(C)c(CS(=O)(=O)Cl)c1. The van der Waals surface area contributed by atoms with Gasteiger partial charge in [0.25, 0.3) is 0 Å². The van der Waals surface area contributed by atoms with Gasteiger partial charge in [-0.05, 0) is 37.5 Å². The van der Waals surface area contributed by atoms with E-state index in [0.717, 1.165) is 22.3 Å². The summed E-state index contributed by atoms with van der Waals surface area (Å²) in [6.45, 7) is 5.82. The Morgan fingerprint density at radius 1 is 1.21 bits per heavy atom. The molecule has 4 heteroatoms. The Morgan fingerprint density at radius 2 is 1.79 bits per heavy atom. The molecule has 0 atom stereocenters. The van der Waals surface area contributed by atoms with Crippen molar-refractivity contribution in [2.45, 2.75) is 26.5 Å². The third-order valence-electron chi connectivity index (χ3n) is 2.25. The fraction of sp³-hybridized carbons (Fsp3) is 0.400. The molecule has 0 saturated heterocycles. The number of benzene rings is 1. The lowest BCUT2D eigenvalue weighted by molar-refractivity contribution is 0.608. The van der Waals surface area contributed by atoms with E-state index in [1.54, 1.807) is 0 Å². The van der Waals surface area contributed by atoms with Crippen LogP contribution in [-0.4, -0.2) is 8.42 Å². The van der Waals surface area contributed by atoms with Crippen LogP contribution in [0, 0.1) is 20.8 Å². The second-order valence-corrected chi connectivity index (χ2v) is 6.33. The molecule has 1 aromatic carbocycles. The molecule has 0 fully saturated rings. The maximum atomic E-state index is 10.9. The van der Waals surface area contributed by atoms with Crippen LogP contribution in [0.15, 0.2) is 12.1 Å². The molecule has 0 spiro atoms. The second kappa shape index (κ2) is 3.91. The molecule has 1 aromatic rings. The first kappa shape index (κ1) is 11.5. The fourth-order valence-corrected chi connectivity index (χ4v) is 2.49. The first-order valence-corrected chi connectivity index (χ1v) is 6.76. The first-order chi connectivity index (χ1) is 6.29. The van der Waals surface area contributed by atoms with Crippen LogP contribution in [0.5, 0.6) is 0 Å². The fourth-order valence-electron chi connectivity index (χ4n) is 1.46. The molecule has 78 valence electrons. The molecule has 0 aliphatic heterocycles. The zero-order valence-corrected chi connectivity index (χ0v) is 10.0. The van der Waals surface area contributed by atoms with Gasteiger partial charge >= 0.3 is 0 Å². The van der Waals surface area contributed by atoms with Crippen LogP contribution >= 0.6 is 10.7 Å². The van der Waals surface area contributed by atoms with Crippen LogP contribution in [0.4, 0.5) is 0 Å². The summed E-state index contributed by atoms with van der Waals surface area (Å²) in [5.74, 6) is -0.0943. The van der Waals surface area contributed by atoms with Gasteiger partial charge < -0.3 is 0 Å². The van der Waals surface area contributed by atoms with E-state index in [1.807, 2.05) is 32.9 Å². The Morgan fingerprint density at radius 3 is 2.29 bits per heavy atom. The minimum Gasteiger partial charge on any atom is -0.212 e. The van der Waals surface area contributed by atoms with Gasteiger partial charge in [0.2, 0.25) is 9.05 Å². The average molecular weight is 233 g/mol. The highest BCUT2D eigenvalue weighted by Gasteiger charge is 2.10. The Labute approximate surface area is 89.3 Å². The van der Waals surface area contributed by atoms with Crippen molar-refractivity contribution < 1.29 is 8.42 Å². The number of hydrogen-bond donors (Lipinski definition) is 0. The van der Waals surface area contributed by atoms with Crippen LogP contribution < -0.4 is 0 Å². The third-order valence-corrected chi connectivity index (χ3v) is 3.23. The van der Waals surface area contributed by atoms with Crippen molar-refractivity contribution in [2.24, 2.45) is 0 Å². The summed E-state index contributed by atoms with van der Waals surface area (Å²) in [7, 11) is 1.76. The Kier molecular flexibility index (Phi) is 3.22. The van der Waals surface area contributed by atoms with E-state index in [-0.39, 0.29) is 5.75 Å². The first-order valence-electron chi connectivity index (χ1n) is 4.28. The minimum absolute atomic E-state index is 0.0943. The summed E-state index contributed by atoms with van der Waals surface area (Å²) < 4.78 is 21.9. The van der Waals surface area contributed by atoms with Crippen LogP contribution in [0.3, 0.4) is 0 Å². The van der Waals surface area contributed by atoms with E-state index < -0.39 is 9.05 Å². The third kappa shape index (κ3) is 3.00. The summed E-state index contributed by atoms with van der Waals surface area (Å²) in [5, 5.41) is 0. The van der Waals surface area contributed by atoms with Gasteiger partial charge in [0.15, 0.2) is 0 Å². The number of aryl methyl sites for hydroxylation is 2. The van der Waals surface area contributed by atoms with Gasteiger partial charge in [-0.2, -0.15) is 0 Å². The molecule has 0 unspecified atom stereocenters. The summed E-state index contributed by atoms with van der Waals surface area (Å²) in [5.41, 5.74) is 3.95. The van der Waals surface area contributed by atoms with E-state index in [4.69, 9.17) is 10.7 Å². The maximum absolute atomic E-state index is 10.9. The van der Waals surface area contributed by atoms with E-state index in [2.05, 4.69) is 0 Å². The monoisotopic (exact) mass is 232 g/mol. The van der Waals surface area contributed by atoms with Gasteiger partial charge in [-0.3, -0.25) is 0 Å². The van der Waals surface area contributed by atoms with Crippen molar-refractivity contribution in [3.05, 3.63) is 34.4 Å². The van der Waals surface area contributed by atoms with Crippen molar-refractivity contribution in [3.8, 4) is 0 Å². The zero-order valence-electron chi connectivity index (χ0n) is 8.46. The van der Waals surface area contributed by atoms with Gasteiger partial charge in [0, 0.05) is 10.7 Å². The van der Waals surface area contributed by atoms with E-state index in [0.29, 0.717) is 0 Å². The average Bonchev–Trinajstić information content (AvgIpc) is 1.96. The van der Waals surface area contributed by atoms with Crippen LogP contribution in [0.2, 0.25) is 0 Å². The predicted octanol–water partition coefficient (Wildman–Crippen LogP) is 2.68.